The van der Waals surface area contributed by atoms with Gasteiger partial charge in [0.25, 0.3) is 0 Å². The van der Waals surface area contributed by atoms with Crippen LogP contribution in [0.4, 0.5) is 5.69 Å². The van der Waals surface area contributed by atoms with Crippen molar-refractivity contribution in [2.24, 2.45) is 0 Å². The first-order valence-electron chi connectivity index (χ1n) is 5.16. The normalized spacial score (nSPS) is 11.4. The summed E-state index contributed by atoms with van der Waals surface area (Å²) in [6.07, 6.45) is 0.591. The zero-order chi connectivity index (χ0) is 12.8. The van der Waals surface area contributed by atoms with E-state index in [0.717, 1.165) is 4.47 Å². The SMILES string of the molecule is CCC(Nc1ccc(Br)cc1C#N)C(=O)OC. The predicted molar refractivity (Wildman–Crippen MR) is 68.6 cm³/mol. The summed E-state index contributed by atoms with van der Waals surface area (Å²) in [5.74, 6) is -0.334. The quantitative estimate of drug-likeness (QED) is 0.868. The molecular formula is C12H13BrN2O2. The van der Waals surface area contributed by atoms with Gasteiger partial charge in [-0.1, -0.05) is 22.9 Å². The van der Waals surface area contributed by atoms with Crippen LogP contribution in [0.3, 0.4) is 0 Å². The van der Waals surface area contributed by atoms with Crippen LogP contribution in [-0.2, 0) is 9.53 Å². The Balaban J connectivity index is 2.94. The number of nitrogens with one attached hydrogen (secondary N) is 1. The minimum absolute atomic E-state index is 0.334. The summed E-state index contributed by atoms with van der Waals surface area (Å²) < 4.78 is 5.50. The summed E-state index contributed by atoms with van der Waals surface area (Å²) in [6.45, 7) is 1.87. The average Bonchev–Trinajstić information content (AvgIpc) is 2.36. The highest BCUT2D eigenvalue weighted by Gasteiger charge is 2.17. The Bertz CT molecular complexity index is 454. The van der Waals surface area contributed by atoms with Gasteiger partial charge in [-0.2, -0.15) is 5.26 Å². The highest BCUT2D eigenvalue weighted by molar-refractivity contribution is 9.10. The van der Waals surface area contributed by atoms with E-state index < -0.39 is 6.04 Å². The molecule has 0 bridgehead atoms. The molecule has 1 aromatic rings. The molecule has 17 heavy (non-hydrogen) atoms. The maximum absolute atomic E-state index is 11.4. The standard InChI is InChI=1S/C12H13BrN2O2/c1-3-10(12(16)17-2)15-11-5-4-9(13)6-8(11)7-14/h4-6,10,15H,3H2,1-2H3. The first-order chi connectivity index (χ1) is 8.12. The van der Waals surface area contributed by atoms with Gasteiger partial charge in [-0.15, -0.1) is 0 Å². The smallest absolute Gasteiger partial charge is 0.328 e. The molecule has 0 amide bonds. The Morgan fingerprint density at radius 2 is 2.35 bits per heavy atom. The lowest BCUT2D eigenvalue weighted by molar-refractivity contribution is -0.141. The van der Waals surface area contributed by atoms with Crippen molar-refractivity contribution in [1.82, 2.24) is 0 Å². The maximum atomic E-state index is 11.4. The molecule has 1 unspecified atom stereocenters. The molecule has 0 fully saturated rings. The van der Waals surface area contributed by atoms with Crippen LogP contribution in [0.25, 0.3) is 0 Å². The van der Waals surface area contributed by atoms with Gasteiger partial charge in [0, 0.05) is 4.47 Å². The summed E-state index contributed by atoms with van der Waals surface area (Å²) in [5.41, 5.74) is 1.12. The molecule has 1 rings (SSSR count). The van der Waals surface area contributed by atoms with E-state index in [1.165, 1.54) is 7.11 Å². The molecule has 0 radical (unpaired) electrons. The Morgan fingerprint density at radius 3 is 2.88 bits per heavy atom. The summed E-state index contributed by atoms with van der Waals surface area (Å²) in [6, 6.07) is 6.91. The fourth-order valence-electron chi connectivity index (χ4n) is 1.39. The lowest BCUT2D eigenvalue weighted by Gasteiger charge is -2.16. The largest absolute Gasteiger partial charge is 0.467 e. The Hall–Kier alpha value is -1.54. The molecule has 0 heterocycles. The summed E-state index contributed by atoms with van der Waals surface area (Å²) in [7, 11) is 1.35. The third-order valence-corrected chi connectivity index (χ3v) is 2.82. The molecule has 4 nitrogen and oxygen atoms in total. The van der Waals surface area contributed by atoms with Crippen molar-refractivity contribution in [3.63, 3.8) is 0 Å². The average molecular weight is 297 g/mol. The Morgan fingerprint density at radius 1 is 1.65 bits per heavy atom. The minimum Gasteiger partial charge on any atom is -0.467 e. The molecule has 5 heteroatoms. The summed E-state index contributed by atoms with van der Waals surface area (Å²) in [5, 5.41) is 12.0. The molecule has 0 aliphatic heterocycles. The highest BCUT2D eigenvalue weighted by Crippen LogP contribution is 2.21. The van der Waals surface area contributed by atoms with Gasteiger partial charge in [0.05, 0.1) is 18.4 Å². The number of carbonyl (C=O) groups excluding carboxylic acids is 1. The monoisotopic (exact) mass is 296 g/mol. The van der Waals surface area contributed by atoms with E-state index in [4.69, 9.17) is 5.26 Å². The number of nitriles is 1. The number of ether oxygens (including phenoxy) is 1. The number of halogens is 1. The first kappa shape index (κ1) is 13.5. The molecule has 0 aliphatic rings. The Kier molecular flexibility index (Phi) is 4.98. The van der Waals surface area contributed by atoms with Crippen LogP contribution < -0.4 is 5.32 Å². The van der Waals surface area contributed by atoms with Gasteiger partial charge in [-0.05, 0) is 24.6 Å². The Labute approximate surface area is 109 Å². The van der Waals surface area contributed by atoms with Crippen LogP contribution >= 0.6 is 15.9 Å². The van der Waals surface area contributed by atoms with Crippen LogP contribution in [0.5, 0.6) is 0 Å². The lowest BCUT2D eigenvalue weighted by Crippen LogP contribution is -2.30. The third kappa shape index (κ3) is 3.46. The number of benzene rings is 1. The van der Waals surface area contributed by atoms with Gasteiger partial charge in [-0.3, -0.25) is 0 Å². The van der Waals surface area contributed by atoms with Gasteiger partial charge in [-0.25, -0.2) is 4.79 Å². The van der Waals surface area contributed by atoms with Crippen LogP contribution in [0.2, 0.25) is 0 Å². The maximum Gasteiger partial charge on any atom is 0.328 e. The molecule has 0 aliphatic carbocycles. The topological polar surface area (TPSA) is 62.1 Å². The van der Waals surface area contributed by atoms with E-state index in [9.17, 15) is 4.79 Å². The second-order valence-electron chi connectivity index (χ2n) is 3.43. The number of carbonyl (C=O) groups is 1. The zero-order valence-electron chi connectivity index (χ0n) is 9.66. The molecule has 0 aromatic heterocycles. The fourth-order valence-corrected chi connectivity index (χ4v) is 1.75. The van der Waals surface area contributed by atoms with E-state index in [0.29, 0.717) is 17.7 Å². The third-order valence-electron chi connectivity index (χ3n) is 2.33. The number of esters is 1. The van der Waals surface area contributed by atoms with E-state index in [1.807, 2.05) is 13.0 Å². The molecule has 0 spiro atoms. The molecule has 0 saturated carbocycles. The van der Waals surface area contributed by atoms with Crippen molar-refractivity contribution in [2.75, 3.05) is 12.4 Å². The van der Waals surface area contributed by atoms with E-state index in [2.05, 4.69) is 32.1 Å². The number of hydrogen-bond donors (Lipinski definition) is 1. The molecule has 90 valence electrons. The molecular weight excluding hydrogens is 284 g/mol. The van der Waals surface area contributed by atoms with Crippen molar-refractivity contribution in [3.05, 3.63) is 28.2 Å². The molecule has 0 saturated heterocycles. The minimum atomic E-state index is -0.437. The molecule has 1 N–H and O–H groups in total. The second-order valence-corrected chi connectivity index (χ2v) is 4.35. The van der Waals surface area contributed by atoms with Crippen molar-refractivity contribution in [2.45, 2.75) is 19.4 Å². The van der Waals surface area contributed by atoms with Crippen molar-refractivity contribution in [3.8, 4) is 6.07 Å². The predicted octanol–water partition coefficient (Wildman–Crippen LogP) is 2.68. The number of methoxy groups -OCH3 is 1. The van der Waals surface area contributed by atoms with E-state index in [1.54, 1.807) is 12.1 Å². The van der Waals surface area contributed by atoms with Crippen LogP contribution in [0, 0.1) is 11.3 Å². The van der Waals surface area contributed by atoms with Crippen molar-refractivity contribution in [1.29, 1.82) is 5.26 Å². The molecule has 1 aromatic carbocycles. The fraction of sp³-hybridized carbons (Fsp3) is 0.333. The van der Waals surface area contributed by atoms with Crippen LogP contribution in [0.1, 0.15) is 18.9 Å². The van der Waals surface area contributed by atoms with E-state index >= 15 is 0 Å². The van der Waals surface area contributed by atoms with Gasteiger partial charge in [0.1, 0.15) is 12.1 Å². The summed E-state index contributed by atoms with van der Waals surface area (Å²) >= 11 is 3.29. The first-order valence-corrected chi connectivity index (χ1v) is 5.95. The number of rotatable bonds is 4. The second kappa shape index (κ2) is 6.26. The molecule has 1 atom stereocenters. The highest BCUT2D eigenvalue weighted by atomic mass is 79.9. The van der Waals surface area contributed by atoms with Crippen molar-refractivity contribution < 1.29 is 9.53 Å². The van der Waals surface area contributed by atoms with Gasteiger partial charge < -0.3 is 10.1 Å². The number of anilines is 1. The van der Waals surface area contributed by atoms with Crippen LogP contribution in [-0.4, -0.2) is 19.1 Å². The number of nitrogens with zero attached hydrogens (tertiary/aromatic N) is 1. The van der Waals surface area contributed by atoms with Gasteiger partial charge in [0.2, 0.25) is 0 Å². The number of hydrogen-bond acceptors (Lipinski definition) is 4. The van der Waals surface area contributed by atoms with Crippen LogP contribution in [0.15, 0.2) is 22.7 Å². The van der Waals surface area contributed by atoms with Crippen molar-refractivity contribution >= 4 is 27.6 Å². The lowest BCUT2D eigenvalue weighted by atomic mass is 10.1. The van der Waals surface area contributed by atoms with Gasteiger partial charge >= 0.3 is 5.97 Å². The zero-order valence-corrected chi connectivity index (χ0v) is 11.2. The van der Waals surface area contributed by atoms with Gasteiger partial charge in [0.15, 0.2) is 0 Å². The summed E-state index contributed by atoms with van der Waals surface area (Å²) in [4.78, 5) is 11.4. The van der Waals surface area contributed by atoms with E-state index in [-0.39, 0.29) is 5.97 Å².